The zero-order valence-corrected chi connectivity index (χ0v) is 35.3. The van der Waals surface area contributed by atoms with Crippen LogP contribution in [0.2, 0.25) is 0 Å². The molecule has 50 heavy (non-hydrogen) atoms. The maximum Gasteiger partial charge on any atom is 0.0431 e. The minimum Gasteiger partial charge on any atom is -0.396 e. The molecule has 0 fully saturated rings. The van der Waals surface area contributed by atoms with Gasteiger partial charge in [-0.1, -0.05) is 227 Å². The van der Waals surface area contributed by atoms with E-state index in [-0.39, 0.29) is 5.41 Å². The van der Waals surface area contributed by atoms with Gasteiger partial charge >= 0.3 is 0 Å². The normalized spacial score (nSPS) is 12.0. The summed E-state index contributed by atoms with van der Waals surface area (Å²) >= 11 is 0. The summed E-state index contributed by atoms with van der Waals surface area (Å²) in [6.07, 6.45) is 49.3. The molecule has 0 amide bonds. The molecule has 1 aromatic rings. The topological polar surface area (TPSA) is 20.2 Å². The number of aliphatic hydroxyl groups excluding tert-OH is 1. The molecule has 1 rings (SSSR count). The molecule has 0 heterocycles. The van der Waals surface area contributed by atoms with E-state index in [1.54, 1.807) is 22.3 Å². The van der Waals surface area contributed by atoms with Crippen LogP contribution in [-0.2, 0) is 24.7 Å². The molecule has 1 nitrogen and oxygen atoms in total. The van der Waals surface area contributed by atoms with Crippen LogP contribution < -0.4 is 0 Å². The van der Waals surface area contributed by atoms with Crippen molar-refractivity contribution in [2.75, 3.05) is 6.61 Å². The number of rotatable bonds is 38. The Balaban J connectivity index is 2.90. The Morgan fingerprint density at radius 1 is 0.380 bits per heavy atom. The summed E-state index contributed by atoms with van der Waals surface area (Å²) in [4.78, 5) is 0. The molecule has 0 unspecified atom stereocenters. The van der Waals surface area contributed by atoms with E-state index in [2.05, 4.69) is 46.8 Å². The summed E-state index contributed by atoms with van der Waals surface area (Å²) in [6, 6.07) is 5.35. The third-order valence-corrected chi connectivity index (χ3v) is 11.7. The first-order valence-corrected chi connectivity index (χ1v) is 23.3. The Hall–Kier alpha value is -0.820. The monoisotopic (exact) mass is 697 g/mol. The highest BCUT2D eigenvalue weighted by atomic mass is 16.2. The summed E-state index contributed by atoms with van der Waals surface area (Å²) in [7, 11) is 0. The van der Waals surface area contributed by atoms with E-state index in [0.29, 0.717) is 6.61 Å². The van der Waals surface area contributed by atoms with E-state index in [0.717, 1.165) is 12.8 Å². The van der Waals surface area contributed by atoms with Crippen LogP contribution >= 0.6 is 0 Å². The Kier molecular flexibility index (Phi) is 32.1. The van der Waals surface area contributed by atoms with Gasteiger partial charge < -0.3 is 5.11 Å². The molecular weight excluding hydrogens is 605 g/mol. The van der Waals surface area contributed by atoms with Gasteiger partial charge in [-0.2, -0.15) is 0 Å². The Morgan fingerprint density at radius 3 is 1.00 bits per heavy atom. The van der Waals surface area contributed by atoms with Gasteiger partial charge in [-0.15, -0.1) is 0 Å². The molecule has 1 heteroatoms. The Bertz CT molecular complexity index is 808. The van der Waals surface area contributed by atoms with Crippen molar-refractivity contribution in [2.45, 2.75) is 271 Å². The van der Waals surface area contributed by atoms with E-state index in [9.17, 15) is 5.11 Å². The lowest BCUT2D eigenvalue weighted by Crippen LogP contribution is -2.22. The van der Waals surface area contributed by atoms with Gasteiger partial charge in [0.1, 0.15) is 0 Å². The van der Waals surface area contributed by atoms with Crippen LogP contribution in [0.15, 0.2) is 12.1 Å². The van der Waals surface area contributed by atoms with Gasteiger partial charge in [-0.05, 0) is 79.0 Å². The number of aryl methyl sites for hydroxylation is 3. The van der Waals surface area contributed by atoms with E-state index < -0.39 is 0 Å². The predicted molar refractivity (Wildman–Crippen MR) is 227 cm³/mol. The van der Waals surface area contributed by atoms with Gasteiger partial charge in [0, 0.05) is 6.61 Å². The quantitative estimate of drug-likeness (QED) is 0.0682. The van der Waals surface area contributed by atoms with Gasteiger partial charge in [0.25, 0.3) is 0 Å². The van der Waals surface area contributed by atoms with Crippen LogP contribution in [0, 0.1) is 0 Å². The SMILES string of the molecule is CCCCCCCCCCCCc1cc(CCCCCCCCCCCC)c(C(C)(C)CCCCO)c(CCCCCCCCCCCC)c1. The highest BCUT2D eigenvalue weighted by Gasteiger charge is 2.26. The van der Waals surface area contributed by atoms with E-state index in [4.69, 9.17) is 0 Å². The van der Waals surface area contributed by atoms with Gasteiger partial charge in [0.15, 0.2) is 0 Å². The molecule has 0 aliphatic heterocycles. The second-order valence-corrected chi connectivity index (χ2v) is 17.1. The van der Waals surface area contributed by atoms with Crippen LogP contribution in [-0.4, -0.2) is 11.7 Å². The first kappa shape index (κ1) is 47.2. The molecular formula is C49H92O. The highest BCUT2D eigenvalue weighted by molar-refractivity contribution is 5.44. The van der Waals surface area contributed by atoms with E-state index in [1.165, 1.54) is 218 Å². The second kappa shape index (κ2) is 34.0. The molecule has 0 aromatic heterocycles. The van der Waals surface area contributed by atoms with Crippen LogP contribution in [0.4, 0.5) is 0 Å². The minimum absolute atomic E-state index is 0.173. The average molecular weight is 697 g/mol. The van der Waals surface area contributed by atoms with Crippen molar-refractivity contribution in [3.05, 3.63) is 34.4 Å². The van der Waals surface area contributed by atoms with Gasteiger partial charge in [0.2, 0.25) is 0 Å². The lowest BCUT2D eigenvalue weighted by molar-refractivity contribution is 0.276. The van der Waals surface area contributed by atoms with Crippen LogP contribution in [0.3, 0.4) is 0 Å². The molecule has 294 valence electrons. The molecule has 0 saturated heterocycles. The van der Waals surface area contributed by atoms with E-state index in [1.807, 2.05) is 0 Å². The van der Waals surface area contributed by atoms with Crippen LogP contribution in [0.25, 0.3) is 0 Å². The first-order valence-electron chi connectivity index (χ1n) is 23.3. The van der Waals surface area contributed by atoms with Crippen molar-refractivity contribution in [1.82, 2.24) is 0 Å². The van der Waals surface area contributed by atoms with Gasteiger partial charge in [-0.25, -0.2) is 0 Å². The Morgan fingerprint density at radius 2 is 0.680 bits per heavy atom. The fraction of sp³-hybridized carbons (Fsp3) is 0.878. The van der Waals surface area contributed by atoms with E-state index >= 15 is 0 Å². The maximum atomic E-state index is 9.59. The zero-order chi connectivity index (χ0) is 36.4. The molecule has 0 aliphatic carbocycles. The summed E-state index contributed by atoms with van der Waals surface area (Å²) in [6.45, 7) is 12.3. The van der Waals surface area contributed by atoms with Crippen molar-refractivity contribution in [2.24, 2.45) is 0 Å². The molecule has 1 aromatic carbocycles. The number of unbranched alkanes of at least 4 members (excludes halogenated alkanes) is 28. The van der Waals surface area contributed by atoms with Gasteiger partial charge in [-0.3, -0.25) is 0 Å². The maximum absolute atomic E-state index is 9.59. The lowest BCUT2D eigenvalue weighted by atomic mass is 9.73. The van der Waals surface area contributed by atoms with Gasteiger partial charge in [0.05, 0.1) is 0 Å². The van der Waals surface area contributed by atoms with Crippen molar-refractivity contribution in [1.29, 1.82) is 0 Å². The molecule has 0 saturated carbocycles. The zero-order valence-electron chi connectivity index (χ0n) is 35.3. The van der Waals surface area contributed by atoms with Crippen LogP contribution in [0.1, 0.15) is 269 Å². The number of aliphatic hydroxyl groups is 1. The number of hydrogen-bond acceptors (Lipinski definition) is 1. The minimum atomic E-state index is 0.173. The fourth-order valence-corrected chi connectivity index (χ4v) is 8.47. The average Bonchev–Trinajstić information content (AvgIpc) is 3.10. The first-order chi connectivity index (χ1) is 24.5. The molecule has 0 bridgehead atoms. The Labute approximate surface area is 316 Å². The number of hydrogen-bond donors (Lipinski definition) is 1. The lowest BCUT2D eigenvalue weighted by Gasteiger charge is -2.32. The van der Waals surface area contributed by atoms with Crippen molar-refractivity contribution in [3.63, 3.8) is 0 Å². The van der Waals surface area contributed by atoms with Crippen molar-refractivity contribution >= 4 is 0 Å². The second-order valence-electron chi connectivity index (χ2n) is 17.1. The molecule has 0 spiro atoms. The van der Waals surface area contributed by atoms with Crippen LogP contribution in [0.5, 0.6) is 0 Å². The predicted octanol–water partition coefficient (Wildman–Crippen LogP) is 16.5. The third kappa shape index (κ3) is 25.2. The molecule has 1 N–H and O–H groups in total. The highest BCUT2D eigenvalue weighted by Crippen LogP contribution is 2.37. The molecule has 0 atom stereocenters. The van der Waals surface area contributed by atoms with Crippen molar-refractivity contribution < 1.29 is 5.11 Å². The molecule has 0 radical (unpaired) electrons. The van der Waals surface area contributed by atoms with Crippen molar-refractivity contribution in [3.8, 4) is 0 Å². The summed E-state index contributed by atoms with van der Waals surface area (Å²) in [5, 5.41) is 9.59. The standard InChI is InChI=1S/C49H92O/c1-6-9-12-15-18-21-24-27-30-33-38-45-43-46(39-34-31-28-25-22-19-16-13-10-7-2)48(49(4,5)41-36-37-42-50)47(44-45)40-35-32-29-26-23-20-17-14-11-8-3/h43-44,50H,6-42H2,1-5H3. The number of benzene rings is 1. The molecule has 0 aliphatic rings. The summed E-state index contributed by atoms with van der Waals surface area (Å²) in [5.41, 5.74) is 6.88. The smallest absolute Gasteiger partial charge is 0.0431 e. The summed E-state index contributed by atoms with van der Waals surface area (Å²) < 4.78 is 0. The third-order valence-electron chi connectivity index (χ3n) is 11.7. The largest absolute Gasteiger partial charge is 0.396 e. The summed E-state index contributed by atoms with van der Waals surface area (Å²) in [5.74, 6) is 0. The fourth-order valence-electron chi connectivity index (χ4n) is 8.47.